The molecule has 0 aromatic heterocycles. The van der Waals surface area contributed by atoms with E-state index in [4.69, 9.17) is 0 Å². The Hall–Kier alpha value is -8.34. The highest BCUT2D eigenvalue weighted by molar-refractivity contribution is 7.00. The maximum atomic E-state index is 2.59. The number of rotatable bonds is 8. The molecule has 73 heavy (non-hydrogen) atoms. The van der Waals surface area contributed by atoms with Crippen molar-refractivity contribution in [3.8, 4) is 33.4 Å². The SMILES string of the molecule is Cc1cc2c3c(c1)N(c1ccc(-c4ccccc4)cc1-c1cccc(C(C)(C)C)c1)c1ccc(-c4ccccc4)cc1B3c1ccc(N(c3ccccc3)c3ccccc3)cc1N2c1ccc(C(C)(C)C)cc1. The van der Waals surface area contributed by atoms with Crippen molar-refractivity contribution in [3.05, 3.63) is 253 Å². The summed E-state index contributed by atoms with van der Waals surface area (Å²) in [5.41, 5.74) is 25.2. The first kappa shape index (κ1) is 45.8. The van der Waals surface area contributed by atoms with Crippen LogP contribution in [0.4, 0.5) is 51.2 Å². The molecule has 4 heteroatoms. The number of para-hydroxylation sites is 2. The molecule has 0 fully saturated rings. The maximum Gasteiger partial charge on any atom is 0.252 e. The summed E-state index contributed by atoms with van der Waals surface area (Å²) < 4.78 is 0. The molecule has 12 rings (SSSR count). The highest BCUT2D eigenvalue weighted by Crippen LogP contribution is 2.49. The molecule has 3 nitrogen and oxygen atoms in total. The average Bonchev–Trinajstić information content (AvgIpc) is 3.41. The maximum absolute atomic E-state index is 2.59. The number of nitrogens with zero attached hydrogens (tertiary/aromatic N) is 3. The second-order valence-corrected chi connectivity index (χ2v) is 21.9. The van der Waals surface area contributed by atoms with Crippen LogP contribution in [0.25, 0.3) is 33.4 Å². The minimum Gasteiger partial charge on any atom is -0.311 e. The van der Waals surface area contributed by atoms with Gasteiger partial charge < -0.3 is 14.7 Å². The van der Waals surface area contributed by atoms with Crippen molar-refractivity contribution in [2.75, 3.05) is 14.7 Å². The molecule has 10 aromatic carbocycles. The molecule has 0 spiro atoms. The summed E-state index contributed by atoms with van der Waals surface area (Å²) >= 11 is 0. The van der Waals surface area contributed by atoms with Crippen molar-refractivity contribution in [1.29, 1.82) is 0 Å². The second-order valence-electron chi connectivity index (χ2n) is 21.9. The molecule has 0 saturated heterocycles. The zero-order chi connectivity index (χ0) is 50.0. The van der Waals surface area contributed by atoms with Gasteiger partial charge in [0, 0.05) is 51.1 Å². The van der Waals surface area contributed by atoms with E-state index in [-0.39, 0.29) is 17.5 Å². The lowest BCUT2D eigenvalue weighted by molar-refractivity contribution is 0.590. The molecule has 354 valence electrons. The quantitative estimate of drug-likeness (QED) is 0.141. The molecule has 2 aliphatic heterocycles. The summed E-state index contributed by atoms with van der Waals surface area (Å²) in [7, 11) is 0. The predicted molar refractivity (Wildman–Crippen MR) is 314 cm³/mol. The third-order valence-corrected chi connectivity index (χ3v) is 15.0. The molecule has 0 unspecified atom stereocenters. The van der Waals surface area contributed by atoms with Crippen molar-refractivity contribution < 1.29 is 0 Å². The van der Waals surface area contributed by atoms with Crippen molar-refractivity contribution in [2.45, 2.75) is 59.3 Å². The lowest BCUT2D eigenvalue weighted by Crippen LogP contribution is -2.61. The van der Waals surface area contributed by atoms with Crippen LogP contribution in [0.5, 0.6) is 0 Å². The van der Waals surface area contributed by atoms with E-state index < -0.39 is 0 Å². The summed E-state index contributed by atoms with van der Waals surface area (Å²) in [6.07, 6.45) is 0. The minimum absolute atomic E-state index is 0.00576. The van der Waals surface area contributed by atoms with Gasteiger partial charge in [0.05, 0.1) is 5.69 Å². The van der Waals surface area contributed by atoms with Crippen LogP contribution in [0.2, 0.25) is 0 Å². The van der Waals surface area contributed by atoms with E-state index in [1.807, 2.05) is 0 Å². The first-order chi connectivity index (χ1) is 35.4. The molecule has 0 N–H and O–H groups in total. The normalized spacial score (nSPS) is 12.8. The fraction of sp³-hybridized carbons (Fsp3) is 0.130. The first-order valence-corrected chi connectivity index (χ1v) is 25.8. The number of hydrogen-bond donors (Lipinski definition) is 0. The zero-order valence-electron chi connectivity index (χ0n) is 42.9. The highest BCUT2D eigenvalue weighted by Gasteiger charge is 2.44. The number of benzene rings is 10. The van der Waals surface area contributed by atoms with Gasteiger partial charge in [0.1, 0.15) is 0 Å². The number of hydrogen-bond acceptors (Lipinski definition) is 3. The van der Waals surface area contributed by atoms with E-state index in [1.54, 1.807) is 0 Å². The van der Waals surface area contributed by atoms with Crippen LogP contribution < -0.4 is 31.1 Å². The van der Waals surface area contributed by atoms with Gasteiger partial charge in [-0.25, -0.2) is 0 Å². The van der Waals surface area contributed by atoms with Gasteiger partial charge in [0.15, 0.2) is 0 Å². The van der Waals surface area contributed by atoms with E-state index in [2.05, 4.69) is 300 Å². The molecule has 10 aromatic rings. The first-order valence-electron chi connectivity index (χ1n) is 25.8. The Morgan fingerprint density at radius 2 is 0.877 bits per heavy atom. The molecule has 0 saturated carbocycles. The Labute approximate surface area is 432 Å². The van der Waals surface area contributed by atoms with E-state index in [0.717, 1.165) is 28.4 Å². The van der Waals surface area contributed by atoms with E-state index in [1.165, 1.54) is 89.2 Å². The van der Waals surface area contributed by atoms with Gasteiger partial charge in [0.2, 0.25) is 0 Å². The largest absolute Gasteiger partial charge is 0.311 e. The number of aryl methyl sites for hydroxylation is 1. The Morgan fingerprint density at radius 1 is 0.342 bits per heavy atom. The molecule has 0 atom stereocenters. The summed E-state index contributed by atoms with van der Waals surface area (Å²) in [5.74, 6) is 0. The van der Waals surface area contributed by atoms with Crippen molar-refractivity contribution in [2.24, 2.45) is 0 Å². The van der Waals surface area contributed by atoms with Gasteiger partial charge >= 0.3 is 0 Å². The predicted octanol–water partition coefficient (Wildman–Crippen LogP) is 17.1. The lowest BCUT2D eigenvalue weighted by Gasteiger charge is -2.45. The fourth-order valence-electron chi connectivity index (χ4n) is 11.2. The second kappa shape index (κ2) is 18.1. The molecule has 2 aliphatic rings. The van der Waals surface area contributed by atoms with Crippen LogP contribution in [0.15, 0.2) is 237 Å². The third kappa shape index (κ3) is 8.31. The smallest absolute Gasteiger partial charge is 0.252 e. The van der Waals surface area contributed by atoms with E-state index in [9.17, 15) is 0 Å². The van der Waals surface area contributed by atoms with E-state index >= 15 is 0 Å². The molecule has 0 radical (unpaired) electrons. The van der Waals surface area contributed by atoms with Gasteiger partial charge in [-0.2, -0.15) is 0 Å². The Bertz CT molecular complexity index is 3610. The van der Waals surface area contributed by atoms with Crippen LogP contribution >= 0.6 is 0 Å². The van der Waals surface area contributed by atoms with Gasteiger partial charge in [-0.1, -0.05) is 199 Å². The van der Waals surface area contributed by atoms with E-state index in [0.29, 0.717) is 0 Å². The monoisotopic (exact) mass is 941 g/mol. The fourth-order valence-corrected chi connectivity index (χ4v) is 11.2. The molecular formula is C69H60BN3. The van der Waals surface area contributed by atoms with Gasteiger partial charge in [-0.3, -0.25) is 0 Å². The Kier molecular flexibility index (Phi) is 11.3. The number of anilines is 9. The van der Waals surface area contributed by atoms with Crippen LogP contribution in [0, 0.1) is 6.92 Å². The van der Waals surface area contributed by atoms with Crippen LogP contribution in [0.3, 0.4) is 0 Å². The molecule has 0 amide bonds. The molecular weight excluding hydrogens is 882 g/mol. The van der Waals surface area contributed by atoms with Crippen LogP contribution in [-0.2, 0) is 10.8 Å². The summed E-state index contributed by atoms with van der Waals surface area (Å²) in [5, 5.41) is 0. The summed E-state index contributed by atoms with van der Waals surface area (Å²) in [4.78, 5) is 7.53. The lowest BCUT2D eigenvalue weighted by atomic mass is 9.33. The molecule has 0 bridgehead atoms. The standard InChI is InChI=1S/C69H60BN3/c1-47-41-65-67-66(42-47)73(62-39-31-50(48-21-12-8-13-22-48)44-59(62)52-25-20-26-54(43-52)69(5,6)7)63-40-32-51(49-23-14-9-15-24-49)45-61(63)70(67)60-38-37-58(71(55-27-16-10-17-28-55)56-29-18-11-19-30-56)46-64(60)72(65)57-35-33-53(34-36-57)68(2,3)4/h8-46H,1-7H3. The van der Waals surface area contributed by atoms with Gasteiger partial charge in [-0.15, -0.1) is 0 Å². The molecule has 0 aliphatic carbocycles. The zero-order valence-corrected chi connectivity index (χ0v) is 42.9. The summed E-state index contributed by atoms with van der Waals surface area (Å²) in [6.45, 7) is 16.0. The topological polar surface area (TPSA) is 9.72 Å². The number of fused-ring (bicyclic) bond motifs is 4. The minimum atomic E-state index is -0.0761. The van der Waals surface area contributed by atoms with Crippen molar-refractivity contribution >= 4 is 74.3 Å². The average molecular weight is 942 g/mol. The third-order valence-electron chi connectivity index (χ3n) is 15.0. The van der Waals surface area contributed by atoms with Crippen LogP contribution in [-0.4, -0.2) is 6.71 Å². The van der Waals surface area contributed by atoms with Crippen molar-refractivity contribution in [3.63, 3.8) is 0 Å². The highest BCUT2D eigenvalue weighted by atomic mass is 15.2. The van der Waals surface area contributed by atoms with Gasteiger partial charge in [-0.05, 0) is 158 Å². The Morgan fingerprint density at radius 3 is 1.47 bits per heavy atom. The van der Waals surface area contributed by atoms with Crippen molar-refractivity contribution in [1.82, 2.24) is 0 Å². The molecule has 2 heterocycles. The van der Waals surface area contributed by atoms with Gasteiger partial charge in [0.25, 0.3) is 6.71 Å². The Balaban J connectivity index is 1.16. The summed E-state index contributed by atoms with van der Waals surface area (Å²) in [6, 6.07) is 88.1. The van der Waals surface area contributed by atoms with Crippen LogP contribution in [0.1, 0.15) is 58.2 Å².